The third-order valence-electron chi connectivity index (χ3n) is 4.23. The fourth-order valence-electron chi connectivity index (χ4n) is 2.82. The minimum atomic E-state index is -0.298. The molecule has 3 rings (SSSR count). The summed E-state index contributed by atoms with van der Waals surface area (Å²) in [5.41, 5.74) is 1.56. The summed E-state index contributed by atoms with van der Waals surface area (Å²) >= 11 is 0. The number of carbonyl (C=O) groups excluding carboxylic acids is 3. The minimum absolute atomic E-state index is 0.156. The van der Waals surface area contributed by atoms with Gasteiger partial charge in [-0.1, -0.05) is 12.1 Å². The van der Waals surface area contributed by atoms with Crippen molar-refractivity contribution in [2.75, 3.05) is 25.5 Å². The Morgan fingerprint density at radius 3 is 2.41 bits per heavy atom. The Kier molecular flexibility index (Phi) is 5.44. The van der Waals surface area contributed by atoms with E-state index in [9.17, 15) is 14.4 Å². The van der Waals surface area contributed by atoms with Gasteiger partial charge < -0.3 is 10.2 Å². The third kappa shape index (κ3) is 4.11. The highest BCUT2D eigenvalue weighted by Crippen LogP contribution is 2.22. The van der Waals surface area contributed by atoms with Crippen LogP contribution in [0.5, 0.6) is 0 Å². The Hall–Kier alpha value is -3.29. The second kappa shape index (κ2) is 7.94. The lowest BCUT2D eigenvalue weighted by atomic mass is 10.1. The van der Waals surface area contributed by atoms with Crippen LogP contribution in [0.3, 0.4) is 0 Å². The van der Waals surface area contributed by atoms with Crippen molar-refractivity contribution in [1.29, 1.82) is 0 Å². The molecule has 1 aliphatic heterocycles. The van der Waals surface area contributed by atoms with Crippen molar-refractivity contribution < 1.29 is 14.4 Å². The smallest absolute Gasteiger partial charge is 0.261 e. The van der Waals surface area contributed by atoms with Gasteiger partial charge in [0.25, 0.3) is 11.8 Å². The van der Waals surface area contributed by atoms with Crippen LogP contribution in [-0.4, -0.2) is 53.2 Å². The average Bonchev–Trinajstić information content (AvgIpc) is 2.92. The lowest BCUT2D eigenvalue weighted by Crippen LogP contribution is -2.32. The molecule has 0 fully saturated rings. The molecule has 1 aromatic heterocycles. The Morgan fingerprint density at radius 1 is 1.11 bits per heavy atom. The van der Waals surface area contributed by atoms with Crippen LogP contribution < -0.4 is 10.2 Å². The second-order valence-electron chi connectivity index (χ2n) is 6.43. The summed E-state index contributed by atoms with van der Waals surface area (Å²) in [6, 6.07) is 8.50. The molecule has 8 heteroatoms. The molecular weight excluding hydrogens is 346 g/mol. The number of imide groups is 1. The number of nitrogens with zero attached hydrogens (tertiary/aromatic N) is 4. The fourth-order valence-corrected chi connectivity index (χ4v) is 2.82. The van der Waals surface area contributed by atoms with Crippen LogP contribution in [0.4, 0.5) is 5.95 Å². The number of fused-ring (bicyclic) bond motifs is 1. The zero-order valence-electron chi connectivity index (χ0n) is 15.3. The first-order valence-electron chi connectivity index (χ1n) is 8.68. The molecule has 1 aliphatic rings. The second-order valence-corrected chi connectivity index (χ2v) is 6.43. The fraction of sp³-hybridized carbons (Fsp3) is 0.316. The van der Waals surface area contributed by atoms with Crippen molar-refractivity contribution in [3.05, 3.63) is 53.3 Å². The molecule has 0 aliphatic carbocycles. The SMILES string of the molecule is CN(C)c1nccc(CNC(=O)CCCN2C(=O)c3ccccc3C2=O)n1. The number of anilines is 1. The van der Waals surface area contributed by atoms with Gasteiger partial charge in [-0.2, -0.15) is 0 Å². The van der Waals surface area contributed by atoms with Crippen molar-refractivity contribution in [2.45, 2.75) is 19.4 Å². The van der Waals surface area contributed by atoms with Crippen LogP contribution in [0, 0.1) is 0 Å². The molecule has 0 unspecified atom stereocenters. The summed E-state index contributed by atoms with van der Waals surface area (Å²) in [6.07, 6.45) is 2.27. The normalized spacial score (nSPS) is 12.9. The van der Waals surface area contributed by atoms with Gasteiger partial charge in [-0.05, 0) is 24.6 Å². The molecule has 0 spiro atoms. The number of carbonyl (C=O) groups is 3. The molecule has 8 nitrogen and oxygen atoms in total. The van der Waals surface area contributed by atoms with E-state index in [1.165, 1.54) is 4.90 Å². The molecule has 0 bridgehead atoms. The molecule has 0 saturated heterocycles. The molecule has 1 aromatic carbocycles. The maximum Gasteiger partial charge on any atom is 0.261 e. The van der Waals surface area contributed by atoms with E-state index in [4.69, 9.17) is 0 Å². The van der Waals surface area contributed by atoms with E-state index >= 15 is 0 Å². The maximum atomic E-state index is 12.3. The van der Waals surface area contributed by atoms with Crippen LogP contribution in [0.2, 0.25) is 0 Å². The minimum Gasteiger partial charge on any atom is -0.350 e. The quantitative estimate of drug-likeness (QED) is 0.740. The van der Waals surface area contributed by atoms with E-state index < -0.39 is 0 Å². The van der Waals surface area contributed by atoms with Gasteiger partial charge in [0.15, 0.2) is 0 Å². The molecule has 140 valence electrons. The summed E-state index contributed by atoms with van der Waals surface area (Å²) in [6.45, 7) is 0.521. The molecular formula is C19H21N5O3. The van der Waals surface area contributed by atoms with Gasteiger partial charge in [0, 0.05) is 33.3 Å². The molecule has 0 radical (unpaired) electrons. The van der Waals surface area contributed by atoms with Gasteiger partial charge in [0.05, 0.1) is 23.4 Å². The first-order chi connectivity index (χ1) is 13.0. The van der Waals surface area contributed by atoms with Crippen LogP contribution in [-0.2, 0) is 11.3 Å². The lowest BCUT2D eigenvalue weighted by molar-refractivity contribution is -0.121. The number of aromatic nitrogens is 2. The largest absolute Gasteiger partial charge is 0.350 e. The molecule has 27 heavy (non-hydrogen) atoms. The highest BCUT2D eigenvalue weighted by atomic mass is 16.2. The van der Waals surface area contributed by atoms with Gasteiger partial charge in [-0.25, -0.2) is 9.97 Å². The Morgan fingerprint density at radius 2 is 1.78 bits per heavy atom. The van der Waals surface area contributed by atoms with Gasteiger partial charge in [-0.15, -0.1) is 0 Å². The van der Waals surface area contributed by atoms with Crippen molar-refractivity contribution in [2.24, 2.45) is 0 Å². The highest BCUT2D eigenvalue weighted by Gasteiger charge is 2.34. The van der Waals surface area contributed by atoms with E-state index in [1.807, 2.05) is 14.1 Å². The number of hydrogen-bond donors (Lipinski definition) is 1. The molecule has 0 saturated carbocycles. The topological polar surface area (TPSA) is 95.5 Å². The highest BCUT2D eigenvalue weighted by molar-refractivity contribution is 6.21. The Bertz CT molecular complexity index is 846. The van der Waals surface area contributed by atoms with Gasteiger partial charge in [0.1, 0.15) is 0 Å². The summed E-state index contributed by atoms with van der Waals surface area (Å²) in [4.78, 5) is 48.0. The van der Waals surface area contributed by atoms with Crippen LogP contribution in [0.25, 0.3) is 0 Å². The summed E-state index contributed by atoms with van der Waals surface area (Å²) in [7, 11) is 3.69. The monoisotopic (exact) mass is 367 g/mol. The van der Waals surface area contributed by atoms with E-state index in [1.54, 1.807) is 41.4 Å². The van der Waals surface area contributed by atoms with Gasteiger partial charge in [-0.3, -0.25) is 19.3 Å². The molecule has 1 N–H and O–H groups in total. The van der Waals surface area contributed by atoms with E-state index in [0.29, 0.717) is 35.7 Å². The predicted octanol–water partition coefficient (Wildman–Crippen LogP) is 1.24. The molecule has 2 aromatic rings. The first-order valence-corrected chi connectivity index (χ1v) is 8.68. The Labute approximate surface area is 157 Å². The van der Waals surface area contributed by atoms with E-state index in [0.717, 1.165) is 0 Å². The van der Waals surface area contributed by atoms with Crippen LogP contribution in [0.15, 0.2) is 36.5 Å². The van der Waals surface area contributed by atoms with Gasteiger partial charge in [0.2, 0.25) is 11.9 Å². The predicted molar refractivity (Wildman–Crippen MR) is 99.2 cm³/mol. The molecule has 0 atom stereocenters. The summed E-state index contributed by atoms with van der Waals surface area (Å²) in [5.74, 6) is -0.176. The van der Waals surface area contributed by atoms with E-state index in [-0.39, 0.29) is 30.7 Å². The Balaban J connectivity index is 1.46. The van der Waals surface area contributed by atoms with Crippen molar-refractivity contribution in [3.63, 3.8) is 0 Å². The lowest BCUT2D eigenvalue weighted by Gasteiger charge is -2.13. The number of nitrogens with one attached hydrogen (secondary N) is 1. The average molecular weight is 367 g/mol. The molecule has 2 heterocycles. The zero-order valence-corrected chi connectivity index (χ0v) is 15.3. The number of amides is 3. The molecule has 3 amide bonds. The maximum absolute atomic E-state index is 12.3. The standard InChI is InChI=1S/C19H21N5O3/c1-23(2)19-20-10-9-13(22-19)12-21-16(25)8-5-11-24-17(26)14-6-3-4-7-15(14)18(24)27/h3-4,6-7,9-10H,5,8,11-12H2,1-2H3,(H,21,25). The van der Waals surface area contributed by atoms with Crippen molar-refractivity contribution in [3.8, 4) is 0 Å². The summed E-state index contributed by atoms with van der Waals surface area (Å²) < 4.78 is 0. The van der Waals surface area contributed by atoms with E-state index in [2.05, 4.69) is 15.3 Å². The first kappa shape index (κ1) is 18.5. The number of benzene rings is 1. The van der Waals surface area contributed by atoms with Crippen LogP contribution >= 0.6 is 0 Å². The number of hydrogen-bond acceptors (Lipinski definition) is 6. The van der Waals surface area contributed by atoms with Gasteiger partial charge >= 0.3 is 0 Å². The van der Waals surface area contributed by atoms with Crippen molar-refractivity contribution >= 4 is 23.7 Å². The van der Waals surface area contributed by atoms with Crippen LogP contribution in [0.1, 0.15) is 39.3 Å². The van der Waals surface area contributed by atoms with Crippen molar-refractivity contribution in [1.82, 2.24) is 20.2 Å². The summed E-state index contributed by atoms with van der Waals surface area (Å²) in [5, 5.41) is 2.79. The number of rotatable bonds is 7. The third-order valence-corrected chi connectivity index (χ3v) is 4.23. The zero-order chi connectivity index (χ0) is 19.4.